The van der Waals surface area contributed by atoms with Gasteiger partial charge in [-0.25, -0.2) is 4.98 Å². The largest absolute Gasteiger partial charge is 0.486 e. The molecule has 1 atom stereocenters. The number of carbonyl (C=O) groups excluding carboxylic acids is 1. The second kappa shape index (κ2) is 10.6. The van der Waals surface area contributed by atoms with Crippen LogP contribution in [0.2, 0.25) is 0 Å². The Morgan fingerprint density at radius 2 is 1.89 bits per heavy atom. The number of hydrogen-bond acceptors (Lipinski definition) is 4. The molecule has 0 fully saturated rings. The molecule has 1 amide bonds. The van der Waals surface area contributed by atoms with Crippen molar-refractivity contribution in [3.8, 4) is 5.75 Å². The lowest BCUT2D eigenvalue weighted by Crippen LogP contribution is -2.38. The van der Waals surface area contributed by atoms with Crippen molar-refractivity contribution in [3.63, 3.8) is 0 Å². The Balaban J connectivity index is 2.03. The molecule has 0 saturated heterocycles. The van der Waals surface area contributed by atoms with E-state index in [4.69, 9.17) is 9.72 Å². The smallest absolute Gasteiger partial charge is 0.223 e. The first kappa shape index (κ1) is 22.4. The van der Waals surface area contributed by atoms with Gasteiger partial charge in [0.25, 0.3) is 0 Å². The molecule has 0 radical (unpaired) electrons. The normalized spacial score (nSPS) is 12.4. The Bertz CT molecular complexity index is 755. The second-order valence-corrected chi connectivity index (χ2v) is 9.03. The maximum atomic E-state index is 12.7. The van der Waals surface area contributed by atoms with Gasteiger partial charge in [0, 0.05) is 17.8 Å². The van der Waals surface area contributed by atoms with Crippen molar-refractivity contribution in [1.82, 2.24) is 9.88 Å². The van der Waals surface area contributed by atoms with Crippen LogP contribution in [0.15, 0.2) is 29.6 Å². The van der Waals surface area contributed by atoms with Gasteiger partial charge in [0.05, 0.1) is 12.2 Å². The molecule has 0 N–H and O–H groups in total. The summed E-state index contributed by atoms with van der Waals surface area (Å²) in [6, 6.07) is 8.38. The van der Waals surface area contributed by atoms with E-state index in [0.29, 0.717) is 31.4 Å². The molecule has 0 saturated carbocycles. The average molecular weight is 403 g/mol. The van der Waals surface area contributed by atoms with Crippen LogP contribution in [0.4, 0.5) is 0 Å². The van der Waals surface area contributed by atoms with Gasteiger partial charge in [-0.2, -0.15) is 0 Å². The Labute approximate surface area is 173 Å². The van der Waals surface area contributed by atoms with Gasteiger partial charge in [-0.3, -0.25) is 4.79 Å². The summed E-state index contributed by atoms with van der Waals surface area (Å²) in [5.41, 5.74) is 2.15. The summed E-state index contributed by atoms with van der Waals surface area (Å²) < 4.78 is 6.04. The number of benzene rings is 1. The minimum Gasteiger partial charge on any atom is -0.486 e. The Morgan fingerprint density at radius 3 is 2.54 bits per heavy atom. The van der Waals surface area contributed by atoms with Crippen LogP contribution in [0, 0.1) is 5.92 Å². The third kappa shape index (κ3) is 6.33. The summed E-state index contributed by atoms with van der Waals surface area (Å²) in [5.74, 6) is 1.90. The zero-order valence-electron chi connectivity index (χ0n) is 18.1. The van der Waals surface area contributed by atoms with E-state index in [1.54, 1.807) is 11.3 Å². The summed E-state index contributed by atoms with van der Waals surface area (Å²) in [7, 11) is 0. The predicted molar refractivity (Wildman–Crippen MR) is 117 cm³/mol. The van der Waals surface area contributed by atoms with Crippen LogP contribution in [-0.2, 0) is 17.9 Å². The van der Waals surface area contributed by atoms with E-state index >= 15 is 0 Å². The molecule has 154 valence electrons. The Hall–Kier alpha value is -1.88. The SMILES string of the molecule is CC[C@H](C)N(Cc1csc(COc2ccccc2C(C)C)n1)C(=O)CC(C)C. The summed E-state index contributed by atoms with van der Waals surface area (Å²) in [6.07, 6.45) is 1.52. The molecule has 1 heterocycles. The van der Waals surface area contributed by atoms with Gasteiger partial charge in [-0.15, -0.1) is 11.3 Å². The number of para-hydroxylation sites is 1. The van der Waals surface area contributed by atoms with Gasteiger partial charge >= 0.3 is 0 Å². The second-order valence-electron chi connectivity index (χ2n) is 8.09. The molecule has 1 aromatic carbocycles. The highest BCUT2D eigenvalue weighted by Crippen LogP contribution is 2.27. The standard InChI is InChI=1S/C23H34N2O2S/c1-7-18(6)25(23(26)12-16(2)3)13-19-15-28-22(24-19)14-27-21-11-9-8-10-20(21)17(4)5/h8-11,15-18H,7,12-14H2,1-6H3/t18-/m0/s1. The predicted octanol–water partition coefficient (Wildman–Crippen LogP) is 6.02. The molecule has 0 spiro atoms. The van der Waals surface area contributed by atoms with E-state index in [9.17, 15) is 4.79 Å². The van der Waals surface area contributed by atoms with Crippen LogP contribution >= 0.6 is 11.3 Å². The molecule has 0 aliphatic carbocycles. The summed E-state index contributed by atoms with van der Waals surface area (Å²) >= 11 is 1.60. The van der Waals surface area contributed by atoms with Gasteiger partial charge in [-0.1, -0.05) is 52.8 Å². The summed E-state index contributed by atoms with van der Waals surface area (Å²) in [6.45, 7) is 13.8. The van der Waals surface area contributed by atoms with Crippen LogP contribution in [0.3, 0.4) is 0 Å². The number of hydrogen-bond donors (Lipinski definition) is 0. The van der Waals surface area contributed by atoms with E-state index in [-0.39, 0.29) is 11.9 Å². The molecule has 0 unspecified atom stereocenters. The maximum absolute atomic E-state index is 12.7. The topological polar surface area (TPSA) is 42.4 Å². The molecule has 4 nitrogen and oxygen atoms in total. The van der Waals surface area contributed by atoms with Crippen molar-refractivity contribution in [1.29, 1.82) is 0 Å². The number of amides is 1. The number of nitrogens with zero attached hydrogens (tertiary/aromatic N) is 2. The van der Waals surface area contributed by atoms with Crippen molar-refractivity contribution < 1.29 is 9.53 Å². The van der Waals surface area contributed by atoms with Gasteiger partial charge < -0.3 is 9.64 Å². The highest BCUT2D eigenvalue weighted by atomic mass is 32.1. The lowest BCUT2D eigenvalue weighted by Gasteiger charge is -2.28. The first-order chi connectivity index (χ1) is 13.3. The average Bonchev–Trinajstić information content (AvgIpc) is 3.11. The van der Waals surface area contributed by atoms with Crippen molar-refractivity contribution >= 4 is 17.2 Å². The number of aromatic nitrogens is 1. The Kier molecular flexibility index (Phi) is 8.49. The van der Waals surface area contributed by atoms with Gasteiger partial charge in [0.15, 0.2) is 0 Å². The zero-order valence-corrected chi connectivity index (χ0v) is 18.9. The van der Waals surface area contributed by atoms with Gasteiger partial charge in [0.1, 0.15) is 17.4 Å². The lowest BCUT2D eigenvalue weighted by atomic mass is 10.0. The number of rotatable bonds is 10. The molecule has 0 bridgehead atoms. The van der Waals surface area contributed by atoms with Gasteiger partial charge in [-0.05, 0) is 36.8 Å². The minimum atomic E-state index is 0.209. The first-order valence-corrected chi connectivity index (χ1v) is 11.1. The third-order valence-corrected chi connectivity index (χ3v) is 5.72. The highest BCUT2D eigenvalue weighted by molar-refractivity contribution is 7.09. The summed E-state index contributed by atoms with van der Waals surface area (Å²) in [4.78, 5) is 19.3. The minimum absolute atomic E-state index is 0.209. The molecular weight excluding hydrogens is 368 g/mol. The molecular formula is C23H34N2O2S. The fraction of sp³-hybridized carbons (Fsp3) is 0.565. The van der Waals surface area contributed by atoms with Crippen molar-refractivity contribution in [2.75, 3.05) is 0 Å². The summed E-state index contributed by atoms with van der Waals surface area (Å²) in [5, 5.41) is 2.99. The molecule has 2 aromatic rings. The van der Waals surface area contributed by atoms with E-state index < -0.39 is 0 Å². The quantitative estimate of drug-likeness (QED) is 0.488. The van der Waals surface area contributed by atoms with Crippen LogP contribution in [0.25, 0.3) is 0 Å². The maximum Gasteiger partial charge on any atom is 0.223 e. The monoisotopic (exact) mass is 402 g/mol. The third-order valence-electron chi connectivity index (χ3n) is 4.85. The van der Waals surface area contributed by atoms with Gasteiger partial charge in [0.2, 0.25) is 5.91 Å². The van der Waals surface area contributed by atoms with Crippen LogP contribution in [0.5, 0.6) is 5.75 Å². The van der Waals surface area contributed by atoms with Crippen LogP contribution in [-0.4, -0.2) is 21.8 Å². The fourth-order valence-electron chi connectivity index (χ4n) is 3.07. The highest BCUT2D eigenvalue weighted by Gasteiger charge is 2.21. The first-order valence-electron chi connectivity index (χ1n) is 10.3. The van der Waals surface area contributed by atoms with Crippen LogP contribution in [0.1, 0.15) is 76.6 Å². The Morgan fingerprint density at radius 1 is 1.18 bits per heavy atom. The molecule has 1 aromatic heterocycles. The number of carbonyl (C=O) groups is 1. The zero-order chi connectivity index (χ0) is 20.7. The molecule has 2 rings (SSSR count). The van der Waals surface area contributed by atoms with Crippen LogP contribution < -0.4 is 4.74 Å². The lowest BCUT2D eigenvalue weighted by molar-refractivity contribution is -0.134. The number of ether oxygens (including phenoxy) is 1. The van der Waals surface area contributed by atoms with E-state index in [2.05, 4.69) is 47.6 Å². The van der Waals surface area contributed by atoms with E-state index in [1.807, 2.05) is 28.5 Å². The van der Waals surface area contributed by atoms with Crippen molar-refractivity contribution in [2.45, 2.75) is 79.5 Å². The van der Waals surface area contributed by atoms with Crippen molar-refractivity contribution in [3.05, 3.63) is 45.9 Å². The molecule has 5 heteroatoms. The van der Waals surface area contributed by atoms with E-state index in [0.717, 1.165) is 22.9 Å². The van der Waals surface area contributed by atoms with Crippen molar-refractivity contribution in [2.24, 2.45) is 5.92 Å². The molecule has 28 heavy (non-hydrogen) atoms. The molecule has 0 aliphatic heterocycles. The van der Waals surface area contributed by atoms with E-state index in [1.165, 1.54) is 5.56 Å². The molecule has 0 aliphatic rings. The number of thiazole rings is 1. The fourth-order valence-corrected chi connectivity index (χ4v) is 3.76.